The Bertz CT molecular complexity index is 721. The molecular weight excluding hydrogens is 261 g/mol. The van der Waals surface area contributed by atoms with Gasteiger partial charge in [-0.15, -0.1) is 0 Å². The number of aromatic nitrogens is 1. The molecule has 98 valence electrons. The summed E-state index contributed by atoms with van der Waals surface area (Å²) in [5, 5.41) is 0. The summed E-state index contributed by atoms with van der Waals surface area (Å²) in [5.74, 6) is 0. The van der Waals surface area contributed by atoms with E-state index in [0.29, 0.717) is 0 Å². The minimum Gasteiger partial charge on any atom is -0.253 e. The minimum absolute atomic E-state index is 0.995. The van der Waals surface area contributed by atoms with Crippen molar-refractivity contribution in [1.29, 1.82) is 0 Å². The van der Waals surface area contributed by atoms with Crippen LogP contribution in [-0.4, -0.2) is 4.98 Å². The topological polar surface area (TPSA) is 12.9 Å². The lowest BCUT2D eigenvalue weighted by molar-refractivity contribution is 1.24. The Morgan fingerprint density at radius 2 is 1.35 bits per heavy atom. The number of benzene rings is 2. The van der Waals surface area contributed by atoms with Crippen LogP contribution in [0.2, 0.25) is 0 Å². The van der Waals surface area contributed by atoms with Crippen molar-refractivity contribution in [3.63, 3.8) is 0 Å². The second-order valence-electron chi connectivity index (χ2n) is 4.80. The average molecular weight is 277 g/mol. The highest BCUT2D eigenvalue weighted by atomic mass is 31.0. The first-order valence-corrected chi connectivity index (χ1v) is 7.21. The average Bonchev–Trinajstić information content (AvgIpc) is 2.48. The van der Waals surface area contributed by atoms with Crippen molar-refractivity contribution in [3.05, 3.63) is 72.4 Å². The highest BCUT2D eigenvalue weighted by molar-refractivity contribution is 7.27. The predicted molar refractivity (Wildman–Crippen MR) is 89.2 cm³/mol. The van der Waals surface area contributed by atoms with Crippen LogP contribution in [0.4, 0.5) is 0 Å². The van der Waals surface area contributed by atoms with E-state index in [0.717, 1.165) is 11.1 Å². The summed E-state index contributed by atoms with van der Waals surface area (Å²) >= 11 is 0. The summed E-state index contributed by atoms with van der Waals surface area (Å²) in [6.45, 7) is 2.04. The molecule has 0 saturated carbocycles. The molecule has 0 aliphatic heterocycles. The Kier molecular flexibility index (Phi) is 3.62. The lowest BCUT2D eigenvalue weighted by atomic mass is 9.96. The fourth-order valence-electron chi connectivity index (χ4n) is 2.45. The second-order valence-corrected chi connectivity index (χ2v) is 5.35. The van der Waals surface area contributed by atoms with Gasteiger partial charge in [0, 0.05) is 11.3 Å². The molecule has 1 nitrogen and oxygen atoms in total. The molecule has 0 amide bonds. The monoisotopic (exact) mass is 277 g/mol. The van der Waals surface area contributed by atoms with Gasteiger partial charge in [-0.3, -0.25) is 4.98 Å². The van der Waals surface area contributed by atoms with Crippen molar-refractivity contribution < 1.29 is 0 Å². The molecule has 0 aliphatic carbocycles. The van der Waals surface area contributed by atoms with Crippen LogP contribution in [0.15, 0.2) is 66.7 Å². The van der Waals surface area contributed by atoms with Crippen LogP contribution in [0, 0.1) is 6.92 Å². The van der Waals surface area contributed by atoms with Gasteiger partial charge in [-0.25, -0.2) is 0 Å². The van der Waals surface area contributed by atoms with Crippen LogP contribution < -0.4 is 5.44 Å². The van der Waals surface area contributed by atoms with Gasteiger partial charge in [-0.2, -0.15) is 0 Å². The molecule has 1 unspecified atom stereocenters. The third kappa shape index (κ3) is 2.50. The highest BCUT2D eigenvalue weighted by Gasteiger charge is 2.12. The first-order valence-electron chi connectivity index (χ1n) is 6.63. The Balaban J connectivity index is 2.29. The molecule has 3 aromatic rings. The van der Waals surface area contributed by atoms with Gasteiger partial charge in [-0.05, 0) is 29.7 Å². The van der Waals surface area contributed by atoms with E-state index < -0.39 is 0 Å². The van der Waals surface area contributed by atoms with Crippen LogP contribution in [0.3, 0.4) is 0 Å². The molecule has 0 radical (unpaired) electrons. The summed E-state index contributed by atoms with van der Waals surface area (Å²) in [6, 6.07) is 23.1. The number of nitrogens with zero attached hydrogens (tertiary/aromatic N) is 1. The Morgan fingerprint density at radius 3 is 1.95 bits per heavy atom. The van der Waals surface area contributed by atoms with Gasteiger partial charge in [0.25, 0.3) is 0 Å². The maximum atomic E-state index is 4.60. The zero-order valence-corrected chi connectivity index (χ0v) is 12.5. The zero-order valence-electron chi connectivity index (χ0n) is 11.4. The van der Waals surface area contributed by atoms with Crippen molar-refractivity contribution in [3.8, 4) is 22.3 Å². The maximum absolute atomic E-state index is 4.60. The fourth-order valence-corrected chi connectivity index (χ4v) is 2.98. The summed E-state index contributed by atoms with van der Waals surface area (Å²) in [6.07, 6.45) is 0. The van der Waals surface area contributed by atoms with Gasteiger partial charge in [0.2, 0.25) is 0 Å². The van der Waals surface area contributed by atoms with Gasteiger partial charge in [-0.1, -0.05) is 69.9 Å². The van der Waals surface area contributed by atoms with Crippen LogP contribution in [0.1, 0.15) is 5.69 Å². The number of hydrogen-bond acceptors (Lipinski definition) is 1. The van der Waals surface area contributed by atoms with Crippen LogP contribution in [0.25, 0.3) is 22.3 Å². The molecule has 0 spiro atoms. The Hall–Kier alpha value is -1.98. The summed E-state index contributed by atoms with van der Waals surface area (Å²) < 4.78 is 0. The molecule has 2 heteroatoms. The standard InChI is InChI=1S/C18H16NP/c1-13-12-16(14-8-4-2-5-9-14)17(18(20)19-13)15-10-6-3-7-11-15/h2-12H,20H2,1H3. The highest BCUT2D eigenvalue weighted by Crippen LogP contribution is 2.31. The molecule has 0 N–H and O–H groups in total. The minimum atomic E-state index is 0.995. The van der Waals surface area contributed by atoms with Crippen LogP contribution in [0.5, 0.6) is 0 Å². The predicted octanol–water partition coefficient (Wildman–Crippen LogP) is 4.22. The SMILES string of the molecule is Cc1cc(-c2ccccc2)c(-c2ccccc2)c(P)n1. The van der Waals surface area contributed by atoms with E-state index in [1.807, 2.05) is 19.1 Å². The van der Waals surface area contributed by atoms with Crippen molar-refractivity contribution in [2.75, 3.05) is 0 Å². The maximum Gasteiger partial charge on any atom is 0.0656 e. The van der Waals surface area contributed by atoms with Gasteiger partial charge < -0.3 is 0 Å². The number of hydrogen-bond donors (Lipinski definition) is 0. The van der Waals surface area contributed by atoms with Crippen molar-refractivity contribution in [1.82, 2.24) is 4.98 Å². The quantitative estimate of drug-likeness (QED) is 0.639. The van der Waals surface area contributed by atoms with Gasteiger partial charge in [0.15, 0.2) is 0 Å². The van der Waals surface area contributed by atoms with Crippen molar-refractivity contribution in [2.45, 2.75) is 6.92 Å². The van der Waals surface area contributed by atoms with E-state index in [2.05, 4.69) is 68.8 Å². The zero-order chi connectivity index (χ0) is 13.9. The summed E-state index contributed by atoms with van der Waals surface area (Å²) in [5.41, 5.74) is 6.87. The lowest BCUT2D eigenvalue weighted by Crippen LogP contribution is -2.06. The van der Waals surface area contributed by atoms with Crippen molar-refractivity contribution in [2.24, 2.45) is 0 Å². The number of pyridine rings is 1. The van der Waals surface area contributed by atoms with Crippen molar-refractivity contribution >= 4 is 14.7 Å². The van der Waals surface area contributed by atoms with E-state index in [-0.39, 0.29) is 0 Å². The Labute approximate surface area is 121 Å². The summed E-state index contributed by atoms with van der Waals surface area (Å²) in [7, 11) is 2.77. The molecule has 2 aromatic carbocycles. The van der Waals surface area contributed by atoms with E-state index in [1.165, 1.54) is 22.3 Å². The van der Waals surface area contributed by atoms with E-state index in [4.69, 9.17) is 0 Å². The molecular formula is C18H16NP. The molecule has 0 bridgehead atoms. The van der Waals surface area contributed by atoms with E-state index in [1.54, 1.807) is 0 Å². The van der Waals surface area contributed by atoms with Gasteiger partial charge in [0.1, 0.15) is 0 Å². The molecule has 0 aliphatic rings. The summed E-state index contributed by atoms with van der Waals surface area (Å²) in [4.78, 5) is 4.60. The number of aryl methyl sites for hydroxylation is 1. The largest absolute Gasteiger partial charge is 0.253 e. The molecule has 1 atom stereocenters. The Morgan fingerprint density at radius 1 is 0.800 bits per heavy atom. The first kappa shape index (κ1) is 13.0. The fraction of sp³-hybridized carbons (Fsp3) is 0.0556. The molecule has 3 rings (SSSR count). The van der Waals surface area contributed by atoms with E-state index in [9.17, 15) is 0 Å². The molecule has 20 heavy (non-hydrogen) atoms. The van der Waals surface area contributed by atoms with Crippen LogP contribution in [-0.2, 0) is 0 Å². The smallest absolute Gasteiger partial charge is 0.0656 e. The third-order valence-corrected chi connectivity index (χ3v) is 3.74. The normalized spacial score (nSPS) is 10.5. The second kappa shape index (κ2) is 5.56. The van der Waals surface area contributed by atoms with Gasteiger partial charge >= 0.3 is 0 Å². The first-order chi connectivity index (χ1) is 9.75. The van der Waals surface area contributed by atoms with E-state index >= 15 is 0 Å². The molecule has 1 aromatic heterocycles. The lowest BCUT2D eigenvalue weighted by Gasteiger charge is -2.14. The molecule has 0 fully saturated rings. The number of rotatable bonds is 2. The van der Waals surface area contributed by atoms with Crippen LogP contribution >= 0.6 is 9.24 Å². The third-order valence-electron chi connectivity index (χ3n) is 3.32. The van der Waals surface area contributed by atoms with Gasteiger partial charge in [0.05, 0.1) is 5.44 Å². The molecule has 1 heterocycles. The molecule has 0 saturated heterocycles.